The lowest BCUT2D eigenvalue weighted by atomic mass is 10.0. The molecule has 1 aromatic heterocycles. The third-order valence-corrected chi connectivity index (χ3v) is 7.27. The molecule has 0 fully saturated rings. The molecular weight excluding hydrogens is 484 g/mol. The average molecular weight is 513 g/mol. The summed E-state index contributed by atoms with van der Waals surface area (Å²) in [6.07, 6.45) is 1.54. The molecule has 0 aliphatic carbocycles. The second-order valence-electron chi connectivity index (χ2n) is 8.38. The van der Waals surface area contributed by atoms with Crippen LogP contribution in [0.5, 0.6) is 11.5 Å². The Kier molecular flexibility index (Phi) is 8.31. The minimum absolute atomic E-state index is 0.00825. The zero-order valence-electron chi connectivity index (χ0n) is 19.9. The minimum atomic E-state index is -0.228. The molecule has 0 N–H and O–H groups in total. The molecule has 0 unspecified atom stereocenters. The van der Waals surface area contributed by atoms with Crippen LogP contribution < -0.4 is 9.47 Å². The van der Waals surface area contributed by atoms with E-state index in [1.807, 2.05) is 36.1 Å². The van der Waals surface area contributed by atoms with Crippen molar-refractivity contribution in [1.82, 2.24) is 9.80 Å². The van der Waals surface area contributed by atoms with Crippen molar-refractivity contribution in [2.75, 3.05) is 33.4 Å². The smallest absolute Gasteiger partial charge is 0.254 e. The van der Waals surface area contributed by atoms with Gasteiger partial charge in [-0.25, -0.2) is 0 Å². The number of ether oxygens (including phenoxy) is 2. The van der Waals surface area contributed by atoms with Crippen molar-refractivity contribution in [2.45, 2.75) is 25.8 Å². The van der Waals surface area contributed by atoms with Gasteiger partial charge in [-0.1, -0.05) is 30.7 Å². The predicted molar refractivity (Wildman–Crippen MR) is 139 cm³/mol. The first-order valence-corrected chi connectivity index (χ1v) is 12.9. The maximum Gasteiger partial charge on any atom is 0.254 e. The maximum absolute atomic E-state index is 13.6. The summed E-state index contributed by atoms with van der Waals surface area (Å²) in [5.41, 5.74) is 1.59. The Hall–Kier alpha value is -3.03. The quantitative estimate of drug-likeness (QED) is 0.381. The van der Waals surface area contributed by atoms with E-state index in [-0.39, 0.29) is 24.4 Å². The highest BCUT2D eigenvalue weighted by atomic mass is 35.5. The summed E-state index contributed by atoms with van der Waals surface area (Å²) in [4.78, 5) is 31.5. The largest absolute Gasteiger partial charge is 0.497 e. The topological polar surface area (TPSA) is 59.1 Å². The molecule has 0 bridgehead atoms. The molecule has 2 heterocycles. The standard InChI is InChI=1S/C27H29ClN2O4S/c1-3-12-29(27(32)19-6-4-7-20(28)15-19)17-26(31)30-13-10-25-23(11-14-35-25)24(30)18-34-22-9-5-8-21(16-22)33-2/h4-9,11,14-16,24H,3,10,12-13,17-18H2,1-2H3/t24-/m0/s1. The van der Waals surface area contributed by atoms with Crippen LogP contribution in [-0.4, -0.2) is 55.0 Å². The summed E-state index contributed by atoms with van der Waals surface area (Å²) >= 11 is 7.80. The van der Waals surface area contributed by atoms with Gasteiger partial charge >= 0.3 is 0 Å². The highest BCUT2D eigenvalue weighted by Gasteiger charge is 2.33. The van der Waals surface area contributed by atoms with E-state index in [0.717, 1.165) is 18.4 Å². The van der Waals surface area contributed by atoms with Crippen LogP contribution in [0, 0.1) is 0 Å². The molecule has 0 radical (unpaired) electrons. The highest BCUT2D eigenvalue weighted by molar-refractivity contribution is 7.10. The molecule has 0 saturated heterocycles. The summed E-state index contributed by atoms with van der Waals surface area (Å²) in [5.74, 6) is 1.11. The second kappa shape index (κ2) is 11.6. The Morgan fingerprint density at radius 1 is 1.14 bits per heavy atom. The molecule has 184 valence electrons. The number of amides is 2. The molecule has 35 heavy (non-hydrogen) atoms. The molecule has 3 aromatic rings. The molecule has 2 amide bonds. The fourth-order valence-corrected chi connectivity index (χ4v) is 5.44. The summed E-state index contributed by atoms with van der Waals surface area (Å²) in [7, 11) is 1.62. The number of methoxy groups -OCH3 is 1. The fourth-order valence-electron chi connectivity index (χ4n) is 4.32. The van der Waals surface area contributed by atoms with Crippen molar-refractivity contribution in [1.29, 1.82) is 0 Å². The van der Waals surface area contributed by atoms with E-state index in [2.05, 4.69) is 11.4 Å². The van der Waals surface area contributed by atoms with Crippen molar-refractivity contribution in [3.05, 3.63) is 81.0 Å². The van der Waals surface area contributed by atoms with E-state index in [9.17, 15) is 9.59 Å². The van der Waals surface area contributed by atoms with Crippen molar-refractivity contribution in [3.8, 4) is 11.5 Å². The van der Waals surface area contributed by atoms with E-state index in [4.69, 9.17) is 21.1 Å². The fraction of sp³-hybridized carbons (Fsp3) is 0.333. The van der Waals surface area contributed by atoms with Crippen molar-refractivity contribution < 1.29 is 19.1 Å². The van der Waals surface area contributed by atoms with Crippen molar-refractivity contribution in [3.63, 3.8) is 0 Å². The SMILES string of the molecule is CCCN(CC(=O)N1CCc2sccc2[C@@H]1COc1cccc(OC)c1)C(=O)c1cccc(Cl)c1. The first-order valence-electron chi connectivity index (χ1n) is 11.7. The molecule has 0 saturated carbocycles. The van der Waals surface area contributed by atoms with Gasteiger partial charge in [-0.2, -0.15) is 0 Å². The van der Waals surface area contributed by atoms with E-state index in [0.29, 0.717) is 41.8 Å². The maximum atomic E-state index is 13.6. The van der Waals surface area contributed by atoms with Gasteiger partial charge in [0, 0.05) is 34.6 Å². The summed E-state index contributed by atoms with van der Waals surface area (Å²) in [5, 5.41) is 2.55. The molecule has 1 aliphatic rings. The van der Waals surface area contributed by atoms with Crippen LogP contribution in [-0.2, 0) is 11.2 Å². The lowest BCUT2D eigenvalue weighted by molar-refractivity contribution is -0.135. The zero-order valence-corrected chi connectivity index (χ0v) is 21.5. The number of carbonyl (C=O) groups excluding carboxylic acids is 2. The van der Waals surface area contributed by atoms with Gasteiger partial charge in [0.15, 0.2) is 0 Å². The molecular formula is C27H29ClN2O4S. The Morgan fingerprint density at radius 3 is 2.71 bits per heavy atom. The molecule has 6 nitrogen and oxygen atoms in total. The van der Waals surface area contributed by atoms with Gasteiger partial charge in [0.05, 0.1) is 13.2 Å². The first kappa shape index (κ1) is 25.1. The molecule has 2 aromatic carbocycles. The van der Waals surface area contributed by atoms with Crippen LogP contribution in [0.25, 0.3) is 0 Å². The van der Waals surface area contributed by atoms with E-state index in [1.165, 1.54) is 4.88 Å². The molecule has 1 aliphatic heterocycles. The van der Waals surface area contributed by atoms with E-state index >= 15 is 0 Å². The number of rotatable bonds is 9. The van der Waals surface area contributed by atoms with Gasteiger partial charge in [0.2, 0.25) is 5.91 Å². The van der Waals surface area contributed by atoms with Crippen LogP contribution in [0.4, 0.5) is 0 Å². The Balaban J connectivity index is 1.52. The van der Waals surface area contributed by atoms with Crippen LogP contribution in [0.15, 0.2) is 60.0 Å². The van der Waals surface area contributed by atoms with Crippen LogP contribution in [0.2, 0.25) is 5.02 Å². The van der Waals surface area contributed by atoms with Gasteiger partial charge in [-0.05, 0) is 60.2 Å². The molecule has 8 heteroatoms. The Labute approximate surface area is 215 Å². The number of hydrogen-bond acceptors (Lipinski definition) is 5. The average Bonchev–Trinajstić information content (AvgIpc) is 3.36. The summed E-state index contributed by atoms with van der Waals surface area (Å²) < 4.78 is 11.4. The van der Waals surface area contributed by atoms with Crippen LogP contribution in [0.3, 0.4) is 0 Å². The van der Waals surface area contributed by atoms with Crippen LogP contribution >= 0.6 is 22.9 Å². The predicted octanol–water partition coefficient (Wildman–Crippen LogP) is 5.47. The van der Waals surface area contributed by atoms with Gasteiger partial charge in [-0.15, -0.1) is 11.3 Å². The lowest BCUT2D eigenvalue weighted by Crippen LogP contribution is -2.48. The highest BCUT2D eigenvalue weighted by Crippen LogP contribution is 2.34. The number of thiophene rings is 1. The molecule has 1 atom stereocenters. The summed E-state index contributed by atoms with van der Waals surface area (Å²) in [6, 6.07) is 16.1. The minimum Gasteiger partial charge on any atom is -0.497 e. The Morgan fingerprint density at radius 2 is 1.94 bits per heavy atom. The molecule has 4 rings (SSSR count). The lowest BCUT2D eigenvalue weighted by Gasteiger charge is -2.37. The van der Waals surface area contributed by atoms with Crippen LogP contribution in [0.1, 0.15) is 40.2 Å². The zero-order chi connectivity index (χ0) is 24.8. The van der Waals surface area contributed by atoms with Gasteiger partial charge in [-0.3, -0.25) is 9.59 Å². The van der Waals surface area contributed by atoms with Gasteiger partial charge in [0.1, 0.15) is 24.7 Å². The summed E-state index contributed by atoms with van der Waals surface area (Å²) in [6.45, 7) is 3.39. The van der Waals surface area contributed by atoms with E-state index in [1.54, 1.807) is 47.6 Å². The second-order valence-corrected chi connectivity index (χ2v) is 9.82. The van der Waals surface area contributed by atoms with Crippen molar-refractivity contribution >= 4 is 34.8 Å². The van der Waals surface area contributed by atoms with Gasteiger partial charge < -0.3 is 19.3 Å². The Bertz CT molecular complexity index is 1180. The number of halogens is 1. The molecule has 0 spiro atoms. The van der Waals surface area contributed by atoms with E-state index < -0.39 is 0 Å². The first-order chi connectivity index (χ1) is 17.0. The number of hydrogen-bond donors (Lipinski definition) is 0. The normalized spacial score (nSPS) is 14.8. The third-order valence-electron chi connectivity index (χ3n) is 6.04. The van der Waals surface area contributed by atoms with Crippen molar-refractivity contribution in [2.24, 2.45) is 0 Å². The number of carbonyl (C=O) groups is 2. The number of fused-ring (bicyclic) bond motifs is 1. The number of benzene rings is 2. The third kappa shape index (κ3) is 5.97. The monoisotopic (exact) mass is 512 g/mol. The van der Waals surface area contributed by atoms with Gasteiger partial charge in [0.25, 0.3) is 5.91 Å². The number of nitrogens with zero attached hydrogens (tertiary/aromatic N) is 2.